The molecule has 0 amide bonds. The van der Waals surface area contributed by atoms with Gasteiger partial charge in [0.1, 0.15) is 0 Å². The third kappa shape index (κ3) is 3.51. The van der Waals surface area contributed by atoms with E-state index in [0.29, 0.717) is 18.0 Å². The Bertz CT molecular complexity index is 587. The maximum Gasteiger partial charge on any atom is 0.229 e. The molecule has 22 heavy (non-hydrogen) atoms. The van der Waals surface area contributed by atoms with E-state index >= 15 is 0 Å². The minimum absolute atomic E-state index is 0.0362. The minimum atomic E-state index is -0.244. The van der Waals surface area contributed by atoms with Crippen LogP contribution in [0.5, 0.6) is 0 Å². The zero-order valence-electron chi connectivity index (χ0n) is 13.6. The first-order valence-corrected chi connectivity index (χ1v) is 8.24. The van der Waals surface area contributed by atoms with Crippen molar-refractivity contribution < 1.29 is 14.0 Å². The first-order valence-electron chi connectivity index (χ1n) is 8.24. The van der Waals surface area contributed by atoms with Crippen molar-refractivity contribution in [2.45, 2.75) is 71.8 Å². The molecule has 0 aromatic carbocycles. The molecule has 1 aliphatic rings. The van der Waals surface area contributed by atoms with Crippen molar-refractivity contribution in [1.29, 1.82) is 0 Å². The number of aliphatic imine (C=N–C) groups is 1. The van der Waals surface area contributed by atoms with Crippen LogP contribution in [-0.2, 0) is 6.42 Å². The van der Waals surface area contributed by atoms with Gasteiger partial charge in [-0.05, 0) is 12.8 Å². The maximum absolute atomic E-state index is 12.5. The number of rotatable bonds is 7. The van der Waals surface area contributed by atoms with E-state index in [-0.39, 0.29) is 35.5 Å². The summed E-state index contributed by atoms with van der Waals surface area (Å²) in [4.78, 5) is 33.3. The summed E-state index contributed by atoms with van der Waals surface area (Å²) in [6, 6.07) is 0.109. The fourth-order valence-electron chi connectivity index (χ4n) is 2.62. The van der Waals surface area contributed by atoms with Crippen molar-refractivity contribution in [1.82, 2.24) is 4.98 Å². The summed E-state index contributed by atoms with van der Waals surface area (Å²) in [5.41, 5.74) is 0.493. The lowest BCUT2D eigenvalue weighted by molar-refractivity contribution is 0.0938. The van der Waals surface area contributed by atoms with Crippen molar-refractivity contribution in [2.75, 3.05) is 0 Å². The molecule has 120 valence electrons. The van der Waals surface area contributed by atoms with Crippen LogP contribution >= 0.6 is 0 Å². The molecule has 0 bridgehead atoms. The van der Waals surface area contributed by atoms with E-state index in [1.165, 1.54) is 6.42 Å². The Morgan fingerprint density at radius 1 is 1.23 bits per heavy atom. The highest BCUT2D eigenvalue weighted by atomic mass is 16.4. The fraction of sp³-hybridized carbons (Fsp3) is 0.647. The second-order valence-corrected chi connectivity index (χ2v) is 5.70. The zero-order valence-corrected chi connectivity index (χ0v) is 13.6. The Kier molecular flexibility index (Phi) is 5.63. The van der Waals surface area contributed by atoms with E-state index in [0.717, 1.165) is 25.7 Å². The first kappa shape index (κ1) is 16.6. The van der Waals surface area contributed by atoms with E-state index in [1.807, 2.05) is 6.92 Å². The van der Waals surface area contributed by atoms with Crippen molar-refractivity contribution in [2.24, 2.45) is 4.99 Å². The fourth-order valence-corrected chi connectivity index (χ4v) is 2.62. The normalized spacial score (nSPS) is 17.9. The van der Waals surface area contributed by atoms with E-state index in [4.69, 9.17) is 4.42 Å². The van der Waals surface area contributed by atoms with Crippen LogP contribution in [0.25, 0.3) is 0 Å². The lowest BCUT2D eigenvalue weighted by Crippen LogP contribution is -2.28. The number of hydrogen-bond donors (Lipinski definition) is 0. The molecule has 5 nitrogen and oxygen atoms in total. The van der Waals surface area contributed by atoms with Gasteiger partial charge in [0, 0.05) is 6.42 Å². The molecule has 0 spiro atoms. The van der Waals surface area contributed by atoms with Gasteiger partial charge < -0.3 is 4.42 Å². The average Bonchev–Trinajstić information content (AvgIpc) is 2.96. The van der Waals surface area contributed by atoms with Gasteiger partial charge in [0.05, 0.1) is 18.2 Å². The topological polar surface area (TPSA) is 72.5 Å². The summed E-state index contributed by atoms with van der Waals surface area (Å²) >= 11 is 0. The van der Waals surface area contributed by atoms with Gasteiger partial charge in [0.25, 0.3) is 0 Å². The summed E-state index contributed by atoms with van der Waals surface area (Å²) in [5.74, 6) is 0.110. The van der Waals surface area contributed by atoms with Gasteiger partial charge in [0.15, 0.2) is 11.6 Å². The Labute approximate surface area is 131 Å². The van der Waals surface area contributed by atoms with Crippen LogP contribution in [0.15, 0.2) is 9.41 Å². The number of Topliss-reactive ketones (excluding diaryl/α,β-unsaturated/α-hetero) is 2. The minimum Gasteiger partial charge on any atom is -0.437 e. The highest BCUT2D eigenvalue weighted by Gasteiger charge is 2.35. The first-order chi connectivity index (χ1) is 10.6. The highest BCUT2D eigenvalue weighted by Crippen LogP contribution is 2.22. The number of unbranched alkanes of at least 4 members (excludes halogenated alkanes) is 2. The number of aryl methyl sites for hydroxylation is 1. The summed E-state index contributed by atoms with van der Waals surface area (Å²) in [7, 11) is 0. The molecule has 1 aliphatic carbocycles. The van der Waals surface area contributed by atoms with Crippen molar-refractivity contribution in [3.05, 3.63) is 17.3 Å². The van der Waals surface area contributed by atoms with Crippen LogP contribution in [0.2, 0.25) is 0 Å². The van der Waals surface area contributed by atoms with E-state index in [2.05, 4.69) is 23.8 Å². The molecule has 5 heteroatoms. The molecule has 0 N–H and O–H groups in total. The number of nitrogens with zero attached hydrogens (tertiary/aromatic N) is 2. The lowest BCUT2D eigenvalue weighted by Gasteiger charge is -2.14. The molecule has 0 radical (unpaired) electrons. The standard InChI is InChI=1S/C17H24N2O3/c1-4-7-8-9-11(5-2)18-12-10-13(20)17-15(16(12)21)19-14(6-3)22-17/h11H,4-10H2,1-3H3. The Hall–Kier alpha value is -1.78. The quantitative estimate of drug-likeness (QED) is 0.718. The number of ketones is 2. The second kappa shape index (κ2) is 7.47. The molecule has 2 rings (SSSR count). The van der Waals surface area contributed by atoms with Gasteiger partial charge in [-0.1, -0.05) is 40.0 Å². The molecule has 1 heterocycles. The van der Waals surface area contributed by atoms with Gasteiger partial charge in [-0.3, -0.25) is 14.6 Å². The molecule has 0 fully saturated rings. The number of aromatic nitrogens is 1. The van der Waals surface area contributed by atoms with Crippen molar-refractivity contribution in [3.63, 3.8) is 0 Å². The van der Waals surface area contributed by atoms with Gasteiger partial charge >= 0.3 is 0 Å². The molecule has 1 aromatic rings. The number of fused-ring (bicyclic) bond motifs is 1. The SMILES string of the molecule is CCCCCC(CC)N=C1CC(=O)c2oc(CC)nc2C1=O. The third-order valence-corrected chi connectivity index (χ3v) is 3.98. The molecule has 1 unspecified atom stereocenters. The lowest BCUT2D eigenvalue weighted by atomic mass is 9.96. The van der Waals surface area contributed by atoms with Crippen LogP contribution < -0.4 is 0 Å². The zero-order chi connectivity index (χ0) is 16.1. The molecule has 0 saturated carbocycles. The predicted octanol–water partition coefficient (Wildman–Crippen LogP) is 3.81. The predicted molar refractivity (Wildman–Crippen MR) is 84.8 cm³/mol. The summed E-state index contributed by atoms with van der Waals surface area (Å²) in [6.45, 7) is 6.10. The van der Waals surface area contributed by atoms with Crippen molar-refractivity contribution in [3.8, 4) is 0 Å². The smallest absolute Gasteiger partial charge is 0.229 e. The number of hydrogen-bond acceptors (Lipinski definition) is 5. The van der Waals surface area contributed by atoms with Gasteiger partial charge in [-0.15, -0.1) is 0 Å². The van der Waals surface area contributed by atoms with Crippen LogP contribution in [0.3, 0.4) is 0 Å². The van der Waals surface area contributed by atoms with E-state index in [1.54, 1.807) is 0 Å². The Morgan fingerprint density at radius 2 is 2.00 bits per heavy atom. The third-order valence-electron chi connectivity index (χ3n) is 3.98. The Morgan fingerprint density at radius 3 is 2.64 bits per heavy atom. The van der Waals surface area contributed by atoms with Gasteiger partial charge in [-0.2, -0.15) is 0 Å². The molecular weight excluding hydrogens is 280 g/mol. The molecule has 1 atom stereocenters. The summed E-state index contributed by atoms with van der Waals surface area (Å²) < 4.78 is 5.36. The molecule has 0 aliphatic heterocycles. The van der Waals surface area contributed by atoms with E-state index < -0.39 is 0 Å². The van der Waals surface area contributed by atoms with E-state index in [9.17, 15) is 9.59 Å². The highest BCUT2D eigenvalue weighted by molar-refractivity contribution is 6.51. The summed E-state index contributed by atoms with van der Waals surface area (Å²) in [5, 5.41) is 0. The van der Waals surface area contributed by atoms with Crippen LogP contribution in [0.4, 0.5) is 0 Å². The number of carbonyl (C=O) groups is 2. The monoisotopic (exact) mass is 304 g/mol. The average molecular weight is 304 g/mol. The molecular formula is C17H24N2O3. The summed E-state index contributed by atoms with van der Waals surface area (Å²) in [6.07, 6.45) is 5.86. The van der Waals surface area contributed by atoms with Crippen LogP contribution in [0.1, 0.15) is 86.2 Å². The second-order valence-electron chi connectivity index (χ2n) is 5.70. The number of carbonyl (C=O) groups excluding carboxylic acids is 2. The van der Waals surface area contributed by atoms with Crippen LogP contribution in [-0.4, -0.2) is 28.3 Å². The Balaban J connectivity index is 2.20. The van der Waals surface area contributed by atoms with Crippen LogP contribution in [0, 0.1) is 0 Å². The largest absolute Gasteiger partial charge is 0.437 e. The van der Waals surface area contributed by atoms with Gasteiger partial charge in [-0.25, -0.2) is 4.98 Å². The molecule has 1 aromatic heterocycles. The molecule has 0 saturated heterocycles. The van der Waals surface area contributed by atoms with Crippen molar-refractivity contribution >= 4 is 17.3 Å². The maximum atomic E-state index is 12.5. The van der Waals surface area contributed by atoms with Gasteiger partial charge in [0.2, 0.25) is 17.3 Å². The number of oxazole rings is 1.